The van der Waals surface area contributed by atoms with Crippen molar-refractivity contribution < 1.29 is 14.6 Å². The largest absolute Gasteiger partial charge is 0.390 e. The molecule has 1 aliphatic heterocycles. The van der Waals surface area contributed by atoms with Crippen molar-refractivity contribution in [1.82, 2.24) is 0 Å². The molecule has 0 saturated heterocycles. The zero-order valence-corrected chi connectivity index (χ0v) is 6.31. The second-order valence-electron chi connectivity index (χ2n) is 2.84. The van der Waals surface area contributed by atoms with Crippen molar-refractivity contribution in [3.63, 3.8) is 0 Å². The molecule has 1 rings (SSSR count). The lowest BCUT2D eigenvalue weighted by atomic mass is 9.92. The Balaban J connectivity index is 2.62. The predicted octanol–water partition coefficient (Wildman–Crippen LogP) is -0.233. The molecule has 0 saturated carbocycles. The van der Waals surface area contributed by atoms with Gasteiger partial charge in [-0.05, 0) is 6.92 Å². The number of alkyl halides is 1. The summed E-state index contributed by atoms with van der Waals surface area (Å²) in [4.78, 5) is 3.74. The maximum absolute atomic E-state index is 12.7. The SMILES string of the molecule is CC(F)[C@H]1CN=C[C@@H](O)[C@@H]1O. The van der Waals surface area contributed by atoms with Gasteiger partial charge >= 0.3 is 0 Å². The van der Waals surface area contributed by atoms with Gasteiger partial charge in [0.15, 0.2) is 0 Å². The monoisotopic (exact) mass is 161 g/mol. The number of hydrogen-bond donors (Lipinski definition) is 2. The van der Waals surface area contributed by atoms with Crippen LogP contribution in [0.15, 0.2) is 4.99 Å². The fourth-order valence-electron chi connectivity index (χ4n) is 1.16. The van der Waals surface area contributed by atoms with Crippen LogP contribution in [0.5, 0.6) is 0 Å². The van der Waals surface area contributed by atoms with Crippen LogP contribution in [0.4, 0.5) is 4.39 Å². The molecule has 11 heavy (non-hydrogen) atoms. The van der Waals surface area contributed by atoms with E-state index in [1.54, 1.807) is 0 Å². The van der Waals surface area contributed by atoms with E-state index in [0.29, 0.717) is 0 Å². The normalized spacial score (nSPS) is 40.5. The molecule has 2 N–H and O–H groups in total. The van der Waals surface area contributed by atoms with E-state index in [9.17, 15) is 9.50 Å². The molecule has 0 bridgehead atoms. The van der Waals surface area contributed by atoms with Gasteiger partial charge in [0, 0.05) is 18.7 Å². The summed E-state index contributed by atoms with van der Waals surface area (Å²) in [6, 6.07) is 0. The van der Waals surface area contributed by atoms with Crippen molar-refractivity contribution in [1.29, 1.82) is 0 Å². The van der Waals surface area contributed by atoms with Crippen LogP contribution in [0.3, 0.4) is 0 Å². The quantitative estimate of drug-likeness (QED) is 0.558. The molecular formula is C7H12FNO2. The molecule has 0 aromatic rings. The Morgan fingerprint density at radius 2 is 2.27 bits per heavy atom. The Labute approximate surface area is 64.6 Å². The summed E-state index contributed by atoms with van der Waals surface area (Å²) in [5.74, 6) is -0.560. The van der Waals surface area contributed by atoms with Gasteiger partial charge in [-0.15, -0.1) is 0 Å². The van der Waals surface area contributed by atoms with Gasteiger partial charge in [0.25, 0.3) is 0 Å². The minimum Gasteiger partial charge on any atom is -0.390 e. The van der Waals surface area contributed by atoms with Gasteiger partial charge in [-0.1, -0.05) is 0 Å². The van der Waals surface area contributed by atoms with E-state index in [1.807, 2.05) is 0 Å². The van der Waals surface area contributed by atoms with Crippen LogP contribution in [-0.4, -0.2) is 41.4 Å². The van der Waals surface area contributed by atoms with Crippen molar-refractivity contribution in [2.75, 3.05) is 6.54 Å². The molecule has 0 fully saturated rings. The lowest BCUT2D eigenvalue weighted by Crippen LogP contribution is -2.43. The van der Waals surface area contributed by atoms with Crippen LogP contribution >= 0.6 is 0 Å². The highest BCUT2D eigenvalue weighted by molar-refractivity contribution is 5.64. The molecule has 0 amide bonds. The fourth-order valence-corrected chi connectivity index (χ4v) is 1.16. The Bertz CT molecular complexity index is 161. The molecule has 0 spiro atoms. The third-order valence-electron chi connectivity index (χ3n) is 1.95. The lowest BCUT2D eigenvalue weighted by molar-refractivity contribution is -0.00791. The minimum atomic E-state index is -1.13. The number of nitrogens with zero attached hydrogens (tertiary/aromatic N) is 1. The first-order valence-electron chi connectivity index (χ1n) is 3.63. The number of aliphatic hydroxyl groups excluding tert-OH is 2. The van der Waals surface area contributed by atoms with Crippen molar-refractivity contribution in [2.24, 2.45) is 10.9 Å². The summed E-state index contributed by atoms with van der Waals surface area (Å²) in [5, 5.41) is 18.3. The van der Waals surface area contributed by atoms with Crippen LogP contribution in [0, 0.1) is 5.92 Å². The average molecular weight is 161 g/mol. The summed E-state index contributed by atoms with van der Waals surface area (Å²) < 4.78 is 12.7. The first-order chi connectivity index (χ1) is 5.13. The van der Waals surface area contributed by atoms with E-state index in [-0.39, 0.29) is 6.54 Å². The average Bonchev–Trinajstić information content (AvgIpc) is 1.94. The van der Waals surface area contributed by atoms with E-state index < -0.39 is 24.3 Å². The standard InChI is InChI=1S/C7H12FNO2/c1-4(8)5-2-9-3-6(10)7(5)11/h3-7,10-11H,2H2,1H3/t4?,5-,6-,7-/m1/s1. The highest BCUT2D eigenvalue weighted by Gasteiger charge is 2.32. The molecule has 64 valence electrons. The Morgan fingerprint density at radius 3 is 2.73 bits per heavy atom. The number of aliphatic hydroxyl groups is 2. The zero-order valence-electron chi connectivity index (χ0n) is 6.31. The number of hydrogen-bond acceptors (Lipinski definition) is 3. The van der Waals surface area contributed by atoms with Crippen LogP contribution < -0.4 is 0 Å². The lowest BCUT2D eigenvalue weighted by Gasteiger charge is -2.27. The molecule has 0 aliphatic carbocycles. The third kappa shape index (κ3) is 1.75. The van der Waals surface area contributed by atoms with Gasteiger partial charge in [-0.25, -0.2) is 4.39 Å². The Morgan fingerprint density at radius 1 is 1.64 bits per heavy atom. The molecule has 1 heterocycles. The number of halogens is 1. The van der Waals surface area contributed by atoms with Gasteiger partial charge in [0.2, 0.25) is 0 Å². The maximum Gasteiger partial charge on any atom is 0.115 e. The molecule has 0 radical (unpaired) electrons. The number of aliphatic imine (C=N–C) groups is 1. The van der Waals surface area contributed by atoms with Crippen LogP contribution in [0.1, 0.15) is 6.92 Å². The molecule has 0 aromatic heterocycles. The summed E-state index contributed by atoms with van der Waals surface area (Å²) in [7, 11) is 0. The molecule has 1 unspecified atom stereocenters. The van der Waals surface area contributed by atoms with Crippen molar-refractivity contribution in [3.05, 3.63) is 0 Å². The molecule has 0 aromatic carbocycles. The molecule has 1 aliphatic rings. The summed E-state index contributed by atoms with van der Waals surface area (Å²) in [6.07, 6.45) is -1.89. The van der Waals surface area contributed by atoms with Crippen molar-refractivity contribution in [2.45, 2.75) is 25.3 Å². The Hall–Kier alpha value is -0.480. The second-order valence-corrected chi connectivity index (χ2v) is 2.84. The topological polar surface area (TPSA) is 52.8 Å². The van der Waals surface area contributed by atoms with E-state index >= 15 is 0 Å². The summed E-state index contributed by atoms with van der Waals surface area (Å²) in [5.41, 5.74) is 0. The van der Waals surface area contributed by atoms with Gasteiger partial charge in [-0.2, -0.15) is 0 Å². The van der Waals surface area contributed by atoms with E-state index in [0.717, 1.165) is 0 Å². The van der Waals surface area contributed by atoms with Crippen molar-refractivity contribution >= 4 is 6.21 Å². The minimum absolute atomic E-state index is 0.260. The van der Waals surface area contributed by atoms with Gasteiger partial charge in [0.1, 0.15) is 12.3 Å². The maximum atomic E-state index is 12.7. The molecular weight excluding hydrogens is 149 g/mol. The van der Waals surface area contributed by atoms with E-state index in [4.69, 9.17) is 5.11 Å². The number of rotatable bonds is 1. The van der Waals surface area contributed by atoms with Gasteiger partial charge in [0.05, 0.1) is 6.10 Å². The molecule has 3 nitrogen and oxygen atoms in total. The first kappa shape index (κ1) is 8.62. The van der Waals surface area contributed by atoms with Crippen molar-refractivity contribution in [3.8, 4) is 0 Å². The molecule has 4 heteroatoms. The van der Waals surface area contributed by atoms with Crippen LogP contribution in [0.2, 0.25) is 0 Å². The fraction of sp³-hybridized carbons (Fsp3) is 0.857. The smallest absolute Gasteiger partial charge is 0.115 e. The Kier molecular flexibility index (Phi) is 2.57. The summed E-state index contributed by atoms with van der Waals surface area (Å²) >= 11 is 0. The zero-order chi connectivity index (χ0) is 8.43. The highest BCUT2D eigenvalue weighted by Crippen LogP contribution is 2.18. The molecule has 4 atom stereocenters. The van der Waals surface area contributed by atoms with Gasteiger partial charge in [-0.3, -0.25) is 4.99 Å². The first-order valence-corrected chi connectivity index (χ1v) is 3.63. The van der Waals surface area contributed by atoms with E-state index in [1.165, 1.54) is 13.1 Å². The van der Waals surface area contributed by atoms with Gasteiger partial charge < -0.3 is 10.2 Å². The van der Waals surface area contributed by atoms with Crippen LogP contribution in [-0.2, 0) is 0 Å². The van der Waals surface area contributed by atoms with Crippen LogP contribution in [0.25, 0.3) is 0 Å². The predicted molar refractivity (Wildman–Crippen MR) is 39.4 cm³/mol. The third-order valence-corrected chi connectivity index (χ3v) is 1.95. The second kappa shape index (κ2) is 3.28. The highest BCUT2D eigenvalue weighted by atomic mass is 19.1. The summed E-state index contributed by atoms with van der Waals surface area (Å²) in [6.45, 7) is 1.62. The van der Waals surface area contributed by atoms with E-state index in [2.05, 4.69) is 4.99 Å².